The summed E-state index contributed by atoms with van der Waals surface area (Å²) < 4.78 is 21.1. The highest BCUT2D eigenvalue weighted by Crippen LogP contribution is 2.44. The molecule has 0 unspecified atom stereocenters. The summed E-state index contributed by atoms with van der Waals surface area (Å²) in [5.41, 5.74) is 6.06. The molecule has 5 rings (SSSR count). The summed E-state index contributed by atoms with van der Waals surface area (Å²) >= 11 is 5.84. The third-order valence-corrected chi connectivity index (χ3v) is 6.64. The Hall–Kier alpha value is -3.71. The smallest absolute Gasteiger partial charge is 0.174 e. The largest absolute Gasteiger partial charge is 0.497 e. The first-order valence-electron chi connectivity index (χ1n) is 11.1. The topological polar surface area (TPSA) is 42.3 Å². The van der Waals surface area contributed by atoms with Gasteiger partial charge in [-0.25, -0.2) is 4.39 Å². The summed E-state index contributed by atoms with van der Waals surface area (Å²) in [5.74, 6) is 0.534. The highest BCUT2D eigenvalue weighted by Gasteiger charge is 2.42. The van der Waals surface area contributed by atoms with E-state index in [0.717, 1.165) is 39.8 Å². The molecule has 172 valence electrons. The summed E-state index contributed by atoms with van der Waals surface area (Å²) in [6, 6.07) is 22.3. The van der Waals surface area contributed by atoms with Crippen LogP contribution in [0.15, 0.2) is 79.0 Å². The first-order valence-corrected chi connectivity index (χ1v) is 11.5. The van der Waals surface area contributed by atoms with Crippen molar-refractivity contribution in [1.29, 1.82) is 0 Å². The van der Waals surface area contributed by atoms with Gasteiger partial charge in [0.25, 0.3) is 0 Å². The third kappa shape index (κ3) is 3.82. The molecule has 1 aliphatic heterocycles. The van der Waals surface area contributed by atoms with Gasteiger partial charge >= 0.3 is 0 Å². The molecule has 2 aromatic carbocycles. The Kier molecular flexibility index (Phi) is 5.79. The predicted octanol–water partition coefficient (Wildman–Crippen LogP) is 5.81. The number of hydrogen-bond donors (Lipinski definition) is 1. The molecule has 4 aromatic rings. The van der Waals surface area contributed by atoms with E-state index in [-0.39, 0.29) is 17.9 Å². The predicted molar refractivity (Wildman–Crippen MR) is 136 cm³/mol. The number of nitrogens with one attached hydrogen (secondary N) is 1. The Balaban J connectivity index is 1.66. The Morgan fingerprint density at radius 3 is 2.32 bits per heavy atom. The van der Waals surface area contributed by atoms with Crippen molar-refractivity contribution in [3.63, 3.8) is 0 Å². The quantitative estimate of drug-likeness (QED) is 0.371. The second-order valence-electron chi connectivity index (χ2n) is 8.33. The van der Waals surface area contributed by atoms with Crippen molar-refractivity contribution in [3.05, 3.63) is 107 Å². The average molecular weight is 473 g/mol. The van der Waals surface area contributed by atoms with E-state index in [1.54, 1.807) is 25.4 Å². The normalized spacial score (nSPS) is 17.6. The number of methoxy groups -OCH3 is 1. The number of thiocarbonyl (C=S) groups is 1. The molecule has 0 aliphatic carbocycles. The number of benzene rings is 2. The van der Waals surface area contributed by atoms with Crippen LogP contribution >= 0.6 is 12.2 Å². The van der Waals surface area contributed by atoms with Gasteiger partial charge in [0.05, 0.1) is 24.9 Å². The van der Waals surface area contributed by atoms with Crippen LogP contribution in [0.5, 0.6) is 5.75 Å². The van der Waals surface area contributed by atoms with Crippen LogP contribution in [0, 0.1) is 19.7 Å². The minimum Gasteiger partial charge on any atom is -0.497 e. The SMILES string of the molecule is COc1ccc(N2C(=S)N[C@@H](c3ccccn3)[C@@H]2c2cc(C)n(-c3ccc(F)cc3)c2C)cc1. The van der Waals surface area contributed by atoms with Crippen molar-refractivity contribution in [3.8, 4) is 11.4 Å². The molecule has 0 bridgehead atoms. The van der Waals surface area contributed by atoms with Crippen LogP contribution < -0.4 is 15.0 Å². The zero-order valence-corrected chi connectivity index (χ0v) is 20.0. The van der Waals surface area contributed by atoms with Crippen LogP contribution in [0.1, 0.15) is 34.7 Å². The number of aryl methyl sites for hydroxylation is 1. The molecular weight excluding hydrogens is 447 g/mol. The van der Waals surface area contributed by atoms with Gasteiger partial charge in [-0.2, -0.15) is 0 Å². The minimum absolute atomic E-state index is 0.129. The number of anilines is 1. The molecule has 2 aromatic heterocycles. The lowest BCUT2D eigenvalue weighted by Crippen LogP contribution is -2.29. The fourth-order valence-electron chi connectivity index (χ4n) is 4.77. The lowest BCUT2D eigenvalue weighted by atomic mass is 9.96. The monoisotopic (exact) mass is 472 g/mol. The van der Waals surface area contributed by atoms with E-state index in [1.165, 1.54) is 12.1 Å². The lowest BCUT2D eigenvalue weighted by Gasteiger charge is -2.28. The molecule has 0 amide bonds. The van der Waals surface area contributed by atoms with Crippen molar-refractivity contribution in [2.75, 3.05) is 12.0 Å². The van der Waals surface area contributed by atoms with Crippen LogP contribution in [-0.2, 0) is 0 Å². The van der Waals surface area contributed by atoms with Gasteiger partial charge in [0.1, 0.15) is 11.6 Å². The minimum atomic E-state index is -0.252. The Morgan fingerprint density at radius 1 is 0.971 bits per heavy atom. The van der Waals surface area contributed by atoms with Gasteiger partial charge in [-0.3, -0.25) is 4.98 Å². The number of pyridine rings is 1. The molecule has 0 radical (unpaired) electrons. The fraction of sp³-hybridized carbons (Fsp3) is 0.185. The highest BCUT2D eigenvalue weighted by molar-refractivity contribution is 7.80. The van der Waals surface area contributed by atoms with Crippen LogP contribution in [0.25, 0.3) is 5.69 Å². The number of nitrogens with zero attached hydrogens (tertiary/aromatic N) is 3. The maximum atomic E-state index is 13.6. The molecule has 5 nitrogen and oxygen atoms in total. The Bertz CT molecular complexity index is 1320. The summed E-state index contributed by atoms with van der Waals surface area (Å²) in [7, 11) is 1.65. The molecule has 0 saturated carbocycles. The Labute approximate surface area is 203 Å². The summed E-state index contributed by atoms with van der Waals surface area (Å²) in [4.78, 5) is 6.78. The molecule has 7 heteroatoms. The molecule has 1 fully saturated rings. The number of rotatable bonds is 5. The second-order valence-corrected chi connectivity index (χ2v) is 8.72. The third-order valence-electron chi connectivity index (χ3n) is 6.32. The second kappa shape index (κ2) is 8.91. The zero-order valence-electron chi connectivity index (χ0n) is 19.2. The van der Waals surface area contributed by atoms with Crippen molar-refractivity contribution in [1.82, 2.24) is 14.9 Å². The molecular formula is C27H25FN4OS. The number of halogens is 1. The van der Waals surface area contributed by atoms with Gasteiger partial charge < -0.3 is 19.5 Å². The van der Waals surface area contributed by atoms with E-state index in [2.05, 4.69) is 39.7 Å². The van der Waals surface area contributed by atoms with E-state index < -0.39 is 0 Å². The number of ether oxygens (including phenoxy) is 1. The van der Waals surface area contributed by atoms with Crippen LogP contribution in [0.2, 0.25) is 0 Å². The molecule has 1 aliphatic rings. The van der Waals surface area contributed by atoms with Crippen molar-refractivity contribution in [2.45, 2.75) is 25.9 Å². The zero-order chi connectivity index (χ0) is 23.8. The van der Waals surface area contributed by atoms with Gasteiger partial charge in [0.15, 0.2) is 5.11 Å². The van der Waals surface area contributed by atoms with Crippen LogP contribution in [-0.4, -0.2) is 21.8 Å². The number of hydrogen-bond acceptors (Lipinski definition) is 3. The molecule has 34 heavy (non-hydrogen) atoms. The van der Waals surface area contributed by atoms with Crippen molar-refractivity contribution in [2.24, 2.45) is 0 Å². The van der Waals surface area contributed by atoms with Crippen LogP contribution in [0.4, 0.5) is 10.1 Å². The van der Waals surface area contributed by atoms with Crippen molar-refractivity contribution < 1.29 is 9.13 Å². The van der Waals surface area contributed by atoms with Gasteiger partial charge in [0.2, 0.25) is 0 Å². The molecule has 1 N–H and O–H groups in total. The molecule has 3 heterocycles. The summed E-state index contributed by atoms with van der Waals surface area (Å²) in [6.45, 7) is 4.16. The summed E-state index contributed by atoms with van der Waals surface area (Å²) in [6.07, 6.45) is 1.80. The van der Waals surface area contributed by atoms with E-state index in [4.69, 9.17) is 17.0 Å². The lowest BCUT2D eigenvalue weighted by molar-refractivity contribution is 0.415. The van der Waals surface area contributed by atoms with Gasteiger partial charge in [-0.1, -0.05) is 6.07 Å². The van der Waals surface area contributed by atoms with E-state index in [0.29, 0.717) is 5.11 Å². The average Bonchev–Trinajstić information content (AvgIpc) is 3.35. The van der Waals surface area contributed by atoms with Gasteiger partial charge in [-0.05, 0) is 98.4 Å². The van der Waals surface area contributed by atoms with E-state index in [9.17, 15) is 4.39 Å². The maximum absolute atomic E-state index is 13.6. The number of aromatic nitrogens is 2. The van der Waals surface area contributed by atoms with Gasteiger partial charge in [0, 0.05) is 29.0 Å². The van der Waals surface area contributed by atoms with Crippen LogP contribution in [0.3, 0.4) is 0 Å². The maximum Gasteiger partial charge on any atom is 0.174 e. The molecule has 2 atom stereocenters. The first-order chi connectivity index (χ1) is 16.5. The standard InChI is InChI=1S/C27H25FN4OS/c1-17-16-23(18(2)31(17)20-9-7-19(28)8-10-20)26-25(24-6-4-5-15-29-24)30-27(34)32(26)21-11-13-22(33-3)14-12-21/h4-16,25-26H,1-3H3,(H,30,34)/t25-,26-/m0/s1. The fourth-order valence-corrected chi connectivity index (χ4v) is 5.11. The van der Waals surface area contributed by atoms with Gasteiger partial charge in [-0.15, -0.1) is 0 Å². The molecule has 0 spiro atoms. The first kappa shape index (κ1) is 22.1. The van der Waals surface area contributed by atoms with E-state index >= 15 is 0 Å². The summed E-state index contributed by atoms with van der Waals surface area (Å²) in [5, 5.41) is 4.14. The molecule has 1 saturated heterocycles. The van der Waals surface area contributed by atoms with Crippen molar-refractivity contribution >= 4 is 23.0 Å². The highest BCUT2D eigenvalue weighted by atomic mass is 32.1. The van der Waals surface area contributed by atoms with E-state index in [1.807, 2.05) is 42.5 Å². The Morgan fingerprint density at radius 2 is 1.68 bits per heavy atom.